The van der Waals surface area contributed by atoms with Crippen LogP contribution in [0, 0.1) is 0 Å². The second kappa shape index (κ2) is 8.29. The fourth-order valence-electron chi connectivity index (χ4n) is 3.39. The molecule has 1 aromatic carbocycles. The zero-order valence-electron chi connectivity index (χ0n) is 14.4. The van der Waals surface area contributed by atoms with Crippen molar-refractivity contribution in [1.82, 2.24) is 9.62 Å². The summed E-state index contributed by atoms with van der Waals surface area (Å²) in [5.74, 6) is -0.119. The quantitative estimate of drug-likeness (QED) is 0.864. The van der Waals surface area contributed by atoms with Gasteiger partial charge in [0.15, 0.2) is 0 Å². The van der Waals surface area contributed by atoms with Crippen molar-refractivity contribution in [3.8, 4) is 0 Å². The van der Waals surface area contributed by atoms with Gasteiger partial charge in [-0.2, -0.15) is 4.31 Å². The summed E-state index contributed by atoms with van der Waals surface area (Å²) in [4.78, 5) is 12.3. The maximum atomic E-state index is 12.4. The number of nitrogens with one attached hydrogen (secondary N) is 1. The topological polar surface area (TPSA) is 75.7 Å². The Morgan fingerprint density at radius 2 is 1.72 bits per heavy atom. The SMILES string of the molecule is O=C(NC1CCCCC1)c1ccc(CS(=O)(=O)N2CCOCC2)cc1. The Hall–Kier alpha value is -1.44. The number of hydrogen-bond acceptors (Lipinski definition) is 4. The maximum Gasteiger partial charge on any atom is 0.251 e. The fraction of sp³-hybridized carbons (Fsp3) is 0.611. The molecule has 0 atom stereocenters. The summed E-state index contributed by atoms with van der Waals surface area (Å²) in [5.41, 5.74) is 1.28. The van der Waals surface area contributed by atoms with Crippen molar-refractivity contribution in [3.63, 3.8) is 0 Å². The van der Waals surface area contributed by atoms with Crippen LogP contribution in [0.1, 0.15) is 48.0 Å². The molecule has 1 aliphatic heterocycles. The number of morpholine rings is 1. The van der Waals surface area contributed by atoms with Gasteiger partial charge in [-0.3, -0.25) is 4.79 Å². The van der Waals surface area contributed by atoms with Crippen molar-refractivity contribution in [2.24, 2.45) is 0 Å². The van der Waals surface area contributed by atoms with Crippen LogP contribution in [0.5, 0.6) is 0 Å². The first-order valence-electron chi connectivity index (χ1n) is 9.00. The minimum Gasteiger partial charge on any atom is -0.379 e. The average Bonchev–Trinajstić information content (AvgIpc) is 2.63. The van der Waals surface area contributed by atoms with Crippen LogP contribution in [0.2, 0.25) is 0 Å². The van der Waals surface area contributed by atoms with Gasteiger partial charge in [0.2, 0.25) is 10.0 Å². The summed E-state index contributed by atoms with van der Waals surface area (Å²) >= 11 is 0. The molecule has 7 heteroatoms. The molecule has 0 spiro atoms. The van der Waals surface area contributed by atoms with Crippen LogP contribution in [0.25, 0.3) is 0 Å². The molecule has 2 fully saturated rings. The zero-order chi connectivity index (χ0) is 17.7. The zero-order valence-corrected chi connectivity index (χ0v) is 15.3. The van der Waals surface area contributed by atoms with Gasteiger partial charge in [0.1, 0.15) is 0 Å². The van der Waals surface area contributed by atoms with Crippen molar-refractivity contribution < 1.29 is 17.9 Å². The molecule has 25 heavy (non-hydrogen) atoms. The minimum atomic E-state index is -3.34. The van der Waals surface area contributed by atoms with E-state index in [1.807, 2.05) is 0 Å². The summed E-state index contributed by atoms with van der Waals surface area (Å²) in [6.45, 7) is 1.70. The van der Waals surface area contributed by atoms with Crippen LogP contribution in [0.15, 0.2) is 24.3 Å². The lowest BCUT2D eigenvalue weighted by Crippen LogP contribution is -2.41. The van der Waals surface area contributed by atoms with Crippen molar-refractivity contribution in [1.29, 1.82) is 0 Å². The second-order valence-electron chi connectivity index (χ2n) is 6.77. The Balaban J connectivity index is 1.58. The van der Waals surface area contributed by atoms with E-state index in [0.29, 0.717) is 37.4 Å². The number of amides is 1. The van der Waals surface area contributed by atoms with Crippen LogP contribution in [-0.4, -0.2) is 51.0 Å². The second-order valence-corrected chi connectivity index (χ2v) is 8.74. The molecule has 6 nitrogen and oxygen atoms in total. The number of carbonyl (C=O) groups is 1. The number of rotatable bonds is 5. The lowest BCUT2D eigenvalue weighted by molar-refractivity contribution is 0.0729. The van der Waals surface area contributed by atoms with Gasteiger partial charge in [0.05, 0.1) is 19.0 Å². The molecule has 1 saturated heterocycles. The number of sulfonamides is 1. The molecule has 1 aromatic rings. The molecule has 0 aromatic heterocycles. The molecule has 138 valence electrons. The largest absolute Gasteiger partial charge is 0.379 e. The van der Waals surface area contributed by atoms with Crippen LogP contribution in [0.4, 0.5) is 0 Å². The Labute approximate surface area is 149 Å². The number of carbonyl (C=O) groups excluding carboxylic acids is 1. The highest BCUT2D eigenvalue weighted by Gasteiger charge is 2.24. The summed E-state index contributed by atoms with van der Waals surface area (Å²) in [5, 5.41) is 3.08. The predicted octanol–water partition coefficient (Wildman–Crippen LogP) is 1.91. The van der Waals surface area contributed by atoms with Gasteiger partial charge in [-0.05, 0) is 30.5 Å². The van der Waals surface area contributed by atoms with E-state index >= 15 is 0 Å². The molecular formula is C18H26N2O4S. The van der Waals surface area contributed by atoms with E-state index in [9.17, 15) is 13.2 Å². The molecule has 0 unspecified atom stereocenters. The van der Waals surface area contributed by atoms with E-state index in [1.54, 1.807) is 24.3 Å². The molecule has 2 aliphatic rings. The van der Waals surface area contributed by atoms with Crippen LogP contribution in [0.3, 0.4) is 0 Å². The van der Waals surface area contributed by atoms with Gasteiger partial charge in [-0.15, -0.1) is 0 Å². The highest BCUT2D eigenvalue weighted by molar-refractivity contribution is 7.88. The summed E-state index contributed by atoms with van der Waals surface area (Å²) in [7, 11) is -3.34. The molecular weight excluding hydrogens is 340 g/mol. The first kappa shape index (κ1) is 18.4. The third-order valence-electron chi connectivity index (χ3n) is 4.87. The van der Waals surface area contributed by atoms with E-state index in [0.717, 1.165) is 12.8 Å². The van der Waals surface area contributed by atoms with E-state index in [2.05, 4.69) is 5.32 Å². The highest BCUT2D eigenvalue weighted by atomic mass is 32.2. The average molecular weight is 366 g/mol. The van der Waals surface area contributed by atoms with Gasteiger partial charge >= 0.3 is 0 Å². The molecule has 1 amide bonds. The van der Waals surface area contributed by atoms with Crippen molar-refractivity contribution in [3.05, 3.63) is 35.4 Å². The Kier molecular flexibility index (Phi) is 6.09. The van der Waals surface area contributed by atoms with E-state index in [-0.39, 0.29) is 17.7 Å². The third-order valence-corrected chi connectivity index (χ3v) is 6.72. The Morgan fingerprint density at radius 1 is 1.08 bits per heavy atom. The number of nitrogens with zero attached hydrogens (tertiary/aromatic N) is 1. The lowest BCUT2D eigenvalue weighted by Gasteiger charge is -2.26. The molecule has 3 rings (SSSR count). The van der Waals surface area contributed by atoms with Gasteiger partial charge in [0.25, 0.3) is 5.91 Å². The molecule has 1 heterocycles. The van der Waals surface area contributed by atoms with Gasteiger partial charge in [-0.25, -0.2) is 8.42 Å². The summed E-state index contributed by atoms with van der Waals surface area (Å²) in [6.07, 6.45) is 5.68. The van der Waals surface area contributed by atoms with E-state index in [4.69, 9.17) is 4.74 Å². The number of benzene rings is 1. The summed E-state index contributed by atoms with van der Waals surface area (Å²) in [6, 6.07) is 7.15. The Bertz CT molecular complexity index is 676. The van der Waals surface area contributed by atoms with Gasteiger partial charge in [-0.1, -0.05) is 31.4 Å². The van der Waals surface area contributed by atoms with Crippen molar-refractivity contribution >= 4 is 15.9 Å². The van der Waals surface area contributed by atoms with E-state index in [1.165, 1.54) is 23.6 Å². The number of ether oxygens (including phenoxy) is 1. The lowest BCUT2D eigenvalue weighted by atomic mass is 9.95. The fourth-order valence-corrected chi connectivity index (χ4v) is 4.90. The molecule has 0 bridgehead atoms. The highest BCUT2D eigenvalue weighted by Crippen LogP contribution is 2.18. The monoisotopic (exact) mass is 366 g/mol. The predicted molar refractivity (Wildman–Crippen MR) is 95.8 cm³/mol. The standard InChI is InChI=1S/C18H26N2O4S/c21-18(19-17-4-2-1-3-5-17)16-8-6-15(7-9-16)14-25(22,23)20-10-12-24-13-11-20/h6-9,17H,1-5,10-14H2,(H,19,21). The minimum absolute atomic E-state index is 0.0441. The smallest absolute Gasteiger partial charge is 0.251 e. The third kappa shape index (κ3) is 5.03. The van der Waals surface area contributed by atoms with Crippen LogP contribution in [-0.2, 0) is 20.5 Å². The molecule has 1 aliphatic carbocycles. The van der Waals surface area contributed by atoms with Crippen molar-refractivity contribution in [2.45, 2.75) is 43.9 Å². The van der Waals surface area contributed by atoms with Crippen LogP contribution < -0.4 is 5.32 Å². The van der Waals surface area contributed by atoms with Crippen LogP contribution >= 0.6 is 0 Å². The summed E-state index contributed by atoms with van der Waals surface area (Å²) < 4.78 is 31.5. The van der Waals surface area contributed by atoms with Gasteiger partial charge < -0.3 is 10.1 Å². The molecule has 1 N–H and O–H groups in total. The normalized spacial score (nSPS) is 20.3. The first-order valence-corrected chi connectivity index (χ1v) is 10.6. The molecule has 1 saturated carbocycles. The molecule has 0 radical (unpaired) electrons. The number of hydrogen-bond donors (Lipinski definition) is 1. The first-order chi connectivity index (χ1) is 12.0. The maximum absolute atomic E-state index is 12.4. The van der Waals surface area contributed by atoms with Crippen molar-refractivity contribution in [2.75, 3.05) is 26.3 Å². The Morgan fingerprint density at radius 3 is 2.36 bits per heavy atom. The van der Waals surface area contributed by atoms with E-state index < -0.39 is 10.0 Å². The van der Waals surface area contributed by atoms with Gasteiger partial charge in [0, 0.05) is 24.7 Å².